The fourth-order valence-electron chi connectivity index (χ4n) is 2.41. The number of ether oxygens (including phenoxy) is 3. The zero-order valence-electron chi connectivity index (χ0n) is 13.2. The first-order chi connectivity index (χ1) is 12.5. The zero-order chi connectivity index (χ0) is 18.7. The van der Waals surface area contributed by atoms with E-state index in [0.29, 0.717) is 0 Å². The van der Waals surface area contributed by atoms with Crippen LogP contribution in [0.3, 0.4) is 0 Å². The van der Waals surface area contributed by atoms with Gasteiger partial charge in [0.15, 0.2) is 11.5 Å². The lowest BCUT2D eigenvalue weighted by Crippen LogP contribution is -2.19. The van der Waals surface area contributed by atoms with Crippen LogP contribution in [0.25, 0.3) is 0 Å². The summed E-state index contributed by atoms with van der Waals surface area (Å²) in [5.74, 6) is -1.91. The van der Waals surface area contributed by atoms with E-state index in [4.69, 9.17) is 9.47 Å². The first-order valence-electron chi connectivity index (χ1n) is 7.48. The van der Waals surface area contributed by atoms with Crippen LogP contribution in [0, 0.1) is 0 Å². The van der Waals surface area contributed by atoms with E-state index in [1.807, 2.05) is 0 Å². The van der Waals surface area contributed by atoms with Crippen molar-refractivity contribution in [2.24, 2.45) is 0 Å². The second kappa shape index (κ2) is 7.26. The Balaban J connectivity index is 1.93. The van der Waals surface area contributed by atoms with Gasteiger partial charge in [0.2, 0.25) is 0 Å². The smallest absolute Gasteiger partial charge is 0.387 e. The summed E-state index contributed by atoms with van der Waals surface area (Å²) in [6.07, 6.45) is 0. The monoisotopic (exact) mass is 365 g/mol. The highest BCUT2D eigenvalue weighted by atomic mass is 19.3. The molecule has 0 aliphatic carbocycles. The van der Waals surface area contributed by atoms with Crippen molar-refractivity contribution in [1.29, 1.82) is 0 Å². The first kappa shape index (κ1) is 17.5. The molecular weight excluding hydrogens is 352 g/mol. The maximum Gasteiger partial charge on any atom is 0.387 e. The fourth-order valence-corrected chi connectivity index (χ4v) is 2.41. The number of nitrogens with one attached hydrogen (secondary N) is 1. The Hall–Kier alpha value is -3.36. The zero-order valence-corrected chi connectivity index (χ0v) is 13.2. The summed E-state index contributed by atoms with van der Waals surface area (Å²) >= 11 is 0. The van der Waals surface area contributed by atoms with Gasteiger partial charge >= 0.3 is 12.6 Å². The van der Waals surface area contributed by atoms with E-state index in [0.717, 1.165) is 0 Å². The average Bonchev–Trinajstić information content (AvgIpc) is 2.60. The Kier molecular flexibility index (Phi) is 4.87. The van der Waals surface area contributed by atoms with Crippen molar-refractivity contribution in [1.82, 2.24) is 0 Å². The third kappa shape index (κ3) is 3.66. The number of carbonyl (C=O) groups excluding carboxylic acids is 1. The Morgan fingerprint density at radius 2 is 1.73 bits per heavy atom. The summed E-state index contributed by atoms with van der Waals surface area (Å²) in [4.78, 5) is 23.9. The maximum atomic E-state index is 12.5. The van der Waals surface area contributed by atoms with Crippen molar-refractivity contribution in [2.45, 2.75) is 6.61 Å². The van der Waals surface area contributed by atoms with E-state index >= 15 is 0 Å². The topological polar surface area (TPSA) is 94.1 Å². The van der Waals surface area contributed by atoms with Gasteiger partial charge in [0.25, 0.3) is 5.91 Å². The quantitative estimate of drug-likeness (QED) is 0.846. The number of carboxylic acid groups (broad SMARTS) is 1. The number of carboxylic acids is 1. The lowest BCUT2D eigenvalue weighted by atomic mass is 10.1. The number of fused-ring (bicyclic) bond motifs is 1. The molecule has 0 atom stereocenters. The van der Waals surface area contributed by atoms with Gasteiger partial charge in [-0.2, -0.15) is 8.78 Å². The Morgan fingerprint density at radius 3 is 2.38 bits per heavy atom. The number of halogens is 2. The van der Waals surface area contributed by atoms with Gasteiger partial charge in [-0.1, -0.05) is 12.1 Å². The largest absolute Gasteiger partial charge is 0.486 e. The molecule has 0 spiro atoms. The van der Waals surface area contributed by atoms with Crippen LogP contribution in [0.1, 0.15) is 20.7 Å². The van der Waals surface area contributed by atoms with E-state index in [9.17, 15) is 23.5 Å². The second-order valence-corrected chi connectivity index (χ2v) is 5.18. The van der Waals surface area contributed by atoms with Crippen molar-refractivity contribution in [2.75, 3.05) is 18.5 Å². The summed E-state index contributed by atoms with van der Waals surface area (Å²) in [6, 6.07) is 7.94. The molecule has 2 aromatic carbocycles. The second-order valence-electron chi connectivity index (χ2n) is 5.18. The molecule has 0 bridgehead atoms. The van der Waals surface area contributed by atoms with Crippen molar-refractivity contribution < 1.29 is 37.7 Å². The summed E-state index contributed by atoms with van der Waals surface area (Å²) in [5, 5.41) is 11.7. The van der Waals surface area contributed by atoms with Gasteiger partial charge in [-0.25, -0.2) is 4.79 Å². The molecule has 0 unspecified atom stereocenters. The summed E-state index contributed by atoms with van der Waals surface area (Å²) in [5.41, 5.74) is -0.451. The number of aromatic carboxylic acids is 1. The molecule has 1 amide bonds. The molecule has 1 heterocycles. The molecular formula is C17H13F2NO6. The highest BCUT2D eigenvalue weighted by molar-refractivity contribution is 6.09. The van der Waals surface area contributed by atoms with Crippen LogP contribution in [-0.2, 0) is 0 Å². The molecule has 136 valence electrons. The molecule has 2 aromatic rings. The SMILES string of the molecule is O=C(O)c1cc2c(cc1NC(=O)c1ccccc1OC(F)F)OCCO2. The number of rotatable bonds is 5. The van der Waals surface area contributed by atoms with E-state index in [-0.39, 0.29) is 47.3 Å². The van der Waals surface area contributed by atoms with Crippen LogP contribution in [0.2, 0.25) is 0 Å². The molecule has 0 aromatic heterocycles. The molecule has 26 heavy (non-hydrogen) atoms. The van der Waals surface area contributed by atoms with Gasteiger partial charge in [0, 0.05) is 12.1 Å². The van der Waals surface area contributed by atoms with Gasteiger partial charge < -0.3 is 24.6 Å². The van der Waals surface area contributed by atoms with Crippen LogP contribution < -0.4 is 19.5 Å². The molecule has 3 rings (SSSR count). The van der Waals surface area contributed by atoms with Crippen LogP contribution in [0.5, 0.6) is 17.2 Å². The number of carbonyl (C=O) groups is 2. The molecule has 0 radical (unpaired) electrons. The van der Waals surface area contributed by atoms with Gasteiger partial charge in [-0.3, -0.25) is 4.79 Å². The summed E-state index contributed by atoms with van der Waals surface area (Å²) < 4.78 is 40.0. The Bertz CT molecular complexity index is 855. The molecule has 1 aliphatic rings. The Labute approximate surface area is 146 Å². The van der Waals surface area contributed by atoms with Crippen molar-refractivity contribution in [3.05, 3.63) is 47.5 Å². The van der Waals surface area contributed by atoms with E-state index in [1.54, 1.807) is 0 Å². The summed E-state index contributed by atoms with van der Waals surface area (Å²) in [7, 11) is 0. The molecule has 0 saturated carbocycles. The van der Waals surface area contributed by atoms with Crippen LogP contribution in [-0.4, -0.2) is 36.8 Å². The average molecular weight is 365 g/mol. The number of amides is 1. The number of hydrogen-bond acceptors (Lipinski definition) is 5. The van der Waals surface area contributed by atoms with Gasteiger partial charge in [-0.05, 0) is 12.1 Å². The van der Waals surface area contributed by atoms with Crippen LogP contribution in [0.15, 0.2) is 36.4 Å². The minimum Gasteiger partial charge on any atom is -0.486 e. The third-order valence-electron chi connectivity index (χ3n) is 3.51. The molecule has 2 N–H and O–H groups in total. The van der Waals surface area contributed by atoms with Gasteiger partial charge in [-0.15, -0.1) is 0 Å². The minimum atomic E-state index is -3.10. The van der Waals surface area contributed by atoms with E-state index in [2.05, 4.69) is 10.1 Å². The minimum absolute atomic E-state index is 0.0569. The highest BCUT2D eigenvalue weighted by Crippen LogP contribution is 2.36. The normalized spacial score (nSPS) is 12.6. The van der Waals surface area contributed by atoms with Crippen molar-refractivity contribution in [3.63, 3.8) is 0 Å². The van der Waals surface area contributed by atoms with E-state index < -0.39 is 18.5 Å². The lowest BCUT2D eigenvalue weighted by molar-refractivity contribution is -0.0501. The lowest BCUT2D eigenvalue weighted by Gasteiger charge is -2.20. The fraction of sp³-hybridized carbons (Fsp3) is 0.176. The third-order valence-corrected chi connectivity index (χ3v) is 3.51. The van der Waals surface area contributed by atoms with Crippen LogP contribution >= 0.6 is 0 Å². The van der Waals surface area contributed by atoms with Crippen LogP contribution in [0.4, 0.5) is 14.5 Å². The summed E-state index contributed by atoms with van der Waals surface area (Å²) in [6.45, 7) is -2.55. The van der Waals surface area contributed by atoms with Gasteiger partial charge in [0.1, 0.15) is 19.0 Å². The van der Waals surface area contributed by atoms with Gasteiger partial charge in [0.05, 0.1) is 16.8 Å². The number of anilines is 1. The molecule has 0 saturated heterocycles. The first-order valence-corrected chi connectivity index (χ1v) is 7.48. The number of hydrogen-bond donors (Lipinski definition) is 2. The highest BCUT2D eigenvalue weighted by Gasteiger charge is 2.22. The number of para-hydroxylation sites is 1. The maximum absolute atomic E-state index is 12.5. The molecule has 7 nitrogen and oxygen atoms in total. The predicted molar refractivity (Wildman–Crippen MR) is 85.4 cm³/mol. The molecule has 0 fully saturated rings. The molecule has 9 heteroatoms. The standard InChI is InChI=1S/C17H13F2NO6/c18-17(19)26-12-4-2-1-3-9(12)15(21)20-11-8-14-13(24-5-6-25-14)7-10(11)16(22)23/h1-4,7-8,17H,5-6H2,(H,20,21)(H,22,23). The van der Waals surface area contributed by atoms with Crippen molar-refractivity contribution >= 4 is 17.6 Å². The Morgan fingerprint density at radius 1 is 1.08 bits per heavy atom. The predicted octanol–water partition coefficient (Wildman–Crippen LogP) is 3.01. The van der Waals surface area contributed by atoms with E-state index in [1.165, 1.54) is 36.4 Å². The van der Waals surface area contributed by atoms with Crippen molar-refractivity contribution in [3.8, 4) is 17.2 Å². The number of alkyl halides is 2. The number of benzene rings is 2. The molecule has 1 aliphatic heterocycles.